The van der Waals surface area contributed by atoms with Crippen LogP contribution in [0, 0.1) is 17.6 Å². The van der Waals surface area contributed by atoms with Gasteiger partial charge in [-0.05, 0) is 30.9 Å². The van der Waals surface area contributed by atoms with E-state index >= 15 is 0 Å². The maximum Gasteiger partial charge on any atom is 0.323 e. The van der Waals surface area contributed by atoms with Crippen LogP contribution < -0.4 is 0 Å². The van der Waals surface area contributed by atoms with Crippen molar-refractivity contribution < 1.29 is 23.5 Å². The highest BCUT2D eigenvalue weighted by Gasteiger charge is 2.46. The monoisotopic (exact) mass is 283 g/mol. The first kappa shape index (κ1) is 14.4. The number of carboxylic acids is 1. The van der Waals surface area contributed by atoms with Crippen LogP contribution in [0.5, 0.6) is 0 Å². The lowest BCUT2D eigenvalue weighted by Gasteiger charge is -2.18. The smallest absolute Gasteiger partial charge is 0.323 e. The lowest BCUT2D eigenvalue weighted by Crippen LogP contribution is -2.36. The number of likely N-dealkylation sites (N-methyl/N-ethyl adjacent to an activating group) is 1. The van der Waals surface area contributed by atoms with Crippen molar-refractivity contribution in [1.29, 1.82) is 0 Å². The molecule has 0 aromatic heterocycles. The van der Waals surface area contributed by atoms with E-state index in [9.17, 15) is 18.4 Å². The Balaban J connectivity index is 2.06. The predicted molar refractivity (Wildman–Crippen MR) is 67.1 cm³/mol. The van der Waals surface area contributed by atoms with Gasteiger partial charge >= 0.3 is 5.97 Å². The summed E-state index contributed by atoms with van der Waals surface area (Å²) in [4.78, 5) is 24.0. The maximum atomic E-state index is 13.6. The van der Waals surface area contributed by atoms with Crippen molar-refractivity contribution in [1.82, 2.24) is 4.90 Å². The average molecular weight is 283 g/mol. The molecule has 0 unspecified atom stereocenters. The van der Waals surface area contributed by atoms with Gasteiger partial charge in [0.1, 0.15) is 18.2 Å². The first-order valence-electron chi connectivity index (χ1n) is 6.39. The number of amides is 1. The molecule has 0 saturated heterocycles. The zero-order valence-electron chi connectivity index (χ0n) is 11.0. The van der Waals surface area contributed by atoms with Gasteiger partial charge in [-0.1, -0.05) is 6.07 Å². The van der Waals surface area contributed by atoms with E-state index in [0.29, 0.717) is 18.5 Å². The number of benzene rings is 1. The number of carbonyl (C=O) groups is 2. The van der Waals surface area contributed by atoms with Crippen molar-refractivity contribution >= 4 is 11.9 Å². The van der Waals surface area contributed by atoms with E-state index in [4.69, 9.17) is 5.11 Å². The number of aliphatic carboxylic acids is 1. The summed E-state index contributed by atoms with van der Waals surface area (Å²) in [6.45, 7) is 1.63. The van der Waals surface area contributed by atoms with Gasteiger partial charge in [-0.15, -0.1) is 0 Å². The van der Waals surface area contributed by atoms with Crippen LogP contribution in [0.1, 0.15) is 24.8 Å². The molecule has 0 spiro atoms. The molecule has 1 N–H and O–H groups in total. The molecule has 0 aliphatic heterocycles. The van der Waals surface area contributed by atoms with Gasteiger partial charge in [0.25, 0.3) is 0 Å². The van der Waals surface area contributed by atoms with Crippen molar-refractivity contribution in [3.63, 3.8) is 0 Å². The highest BCUT2D eigenvalue weighted by atomic mass is 19.1. The van der Waals surface area contributed by atoms with Gasteiger partial charge in [0.2, 0.25) is 5.91 Å². The van der Waals surface area contributed by atoms with E-state index in [1.807, 2.05) is 0 Å². The van der Waals surface area contributed by atoms with E-state index in [-0.39, 0.29) is 18.4 Å². The molecule has 1 amide bonds. The molecule has 1 aliphatic carbocycles. The van der Waals surface area contributed by atoms with Crippen LogP contribution in [0.2, 0.25) is 0 Å². The second-order valence-corrected chi connectivity index (χ2v) is 4.86. The molecule has 20 heavy (non-hydrogen) atoms. The third-order valence-corrected chi connectivity index (χ3v) is 3.49. The fraction of sp³-hybridized carbons (Fsp3) is 0.429. The Kier molecular flexibility index (Phi) is 4.01. The van der Waals surface area contributed by atoms with Crippen LogP contribution in [0.4, 0.5) is 8.78 Å². The van der Waals surface area contributed by atoms with E-state index in [0.717, 1.165) is 12.1 Å². The molecule has 1 aliphatic rings. The summed E-state index contributed by atoms with van der Waals surface area (Å²) in [5, 5.41) is 8.73. The Labute approximate surface area is 115 Å². The normalized spacial score (nSPS) is 20.6. The van der Waals surface area contributed by atoms with Crippen LogP contribution in [-0.4, -0.2) is 35.0 Å². The van der Waals surface area contributed by atoms with Gasteiger partial charge in [-0.25, -0.2) is 8.78 Å². The minimum Gasteiger partial charge on any atom is -0.480 e. The first-order chi connectivity index (χ1) is 9.43. The van der Waals surface area contributed by atoms with Crippen LogP contribution >= 0.6 is 0 Å². The lowest BCUT2D eigenvalue weighted by molar-refractivity contribution is -0.144. The van der Waals surface area contributed by atoms with Crippen LogP contribution in [0.15, 0.2) is 18.2 Å². The zero-order chi connectivity index (χ0) is 14.9. The molecule has 1 fully saturated rings. The minimum absolute atomic E-state index is 0.286. The largest absolute Gasteiger partial charge is 0.480 e. The second-order valence-electron chi connectivity index (χ2n) is 4.86. The van der Waals surface area contributed by atoms with Gasteiger partial charge in [0, 0.05) is 18.5 Å². The molecular formula is C14H15F2NO3. The third-order valence-electron chi connectivity index (χ3n) is 3.49. The second kappa shape index (κ2) is 5.56. The summed E-state index contributed by atoms with van der Waals surface area (Å²) < 4.78 is 26.4. The standard InChI is InChI=1S/C14H15F2NO3/c1-2-17(7-13(18)19)14(20)11-6-10(11)9-4-3-8(15)5-12(9)16/h3-5,10-11H,2,6-7H2,1H3,(H,18,19)/t10-,11+/m1/s1. The number of hydrogen-bond acceptors (Lipinski definition) is 2. The highest BCUT2D eigenvalue weighted by molar-refractivity contribution is 5.86. The van der Waals surface area contributed by atoms with Gasteiger partial charge < -0.3 is 10.0 Å². The summed E-state index contributed by atoms with van der Waals surface area (Å²) in [5.41, 5.74) is 0.316. The summed E-state index contributed by atoms with van der Waals surface area (Å²) in [6.07, 6.45) is 0.470. The molecule has 0 heterocycles. The highest BCUT2D eigenvalue weighted by Crippen LogP contribution is 2.49. The maximum absolute atomic E-state index is 13.6. The molecule has 108 valence electrons. The van der Waals surface area contributed by atoms with Gasteiger partial charge in [-0.2, -0.15) is 0 Å². The van der Waals surface area contributed by atoms with Gasteiger partial charge in [-0.3, -0.25) is 9.59 Å². The van der Waals surface area contributed by atoms with Crippen molar-refractivity contribution in [2.75, 3.05) is 13.1 Å². The quantitative estimate of drug-likeness (QED) is 0.899. The molecule has 1 aromatic carbocycles. The first-order valence-corrected chi connectivity index (χ1v) is 6.39. The molecular weight excluding hydrogens is 268 g/mol. The molecule has 1 saturated carbocycles. The molecule has 1 aromatic rings. The van der Waals surface area contributed by atoms with Crippen LogP contribution in [0.3, 0.4) is 0 Å². The lowest BCUT2D eigenvalue weighted by atomic mass is 10.1. The number of hydrogen-bond donors (Lipinski definition) is 1. The van der Waals surface area contributed by atoms with Crippen molar-refractivity contribution in [2.24, 2.45) is 5.92 Å². The Morgan fingerprint density at radius 1 is 1.40 bits per heavy atom. The Bertz CT molecular complexity index is 547. The van der Waals surface area contributed by atoms with Crippen molar-refractivity contribution in [2.45, 2.75) is 19.3 Å². The fourth-order valence-electron chi connectivity index (χ4n) is 2.36. The average Bonchev–Trinajstić information content (AvgIpc) is 3.15. The third kappa shape index (κ3) is 2.95. The Morgan fingerprint density at radius 2 is 2.10 bits per heavy atom. The van der Waals surface area contributed by atoms with E-state index in [1.165, 1.54) is 11.0 Å². The van der Waals surface area contributed by atoms with Gasteiger partial charge in [0.15, 0.2) is 0 Å². The zero-order valence-corrected chi connectivity index (χ0v) is 11.0. The molecule has 6 heteroatoms. The van der Waals surface area contributed by atoms with Crippen molar-refractivity contribution in [3.05, 3.63) is 35.4 Å². The summed E-state index contributed by atoms with van der Waals surface area (Å²) >= 11 is 0. The number of nitrogens with zero attached hydrogens (tertiary/aromatic N) is 1. The molecule has 0 radical (unpaired) electrons. The van der Waals surface area contributed by atoms with Crippen LogP contribution in [-0.2, 0) is 9.59 Å². The summed E-state index contributed by atoms with van der Waals surface area (Å²) in [5.74, 6) is -3.38. The van der Waals surface area contributed by atoms with E-state index in [1.54, 1.807) is 6.92 Å². The summed E-state index contributed by atoms with van der Waals surface area (Å²) in [6, 6.07) is 3.30. The number of rotatable bonds is 5. The van der Waals surface area contributed by atoms with Crippen LogP contribution in [0.25, 0.3) is 0 Å². The molecule has 4 nitrogen and oxygen atoms in total. The Morgan fingerprint density at radius 3 is 2.65 bits per heavy atom. The molecule has 2 rings (SSSR count). The number of carboxylic acid groups (broad SMARTS) is 1. The van der Waals surface area contributed by atoms with Crippen molar-refractivity contribution in [3.8, 4) is 0 Å². The molecule has 0 bridgehead atoms. The number of halogens is 2. The Hall–Kier alpha value is -1.98. The van der Waals surface area contributed by atoms with Gasteiger partial charge in [0.05, 0.1) is 0 Å². The summed E-state index contributed by atoms with van der Waals surface area (Å²) in [7, 11) is 0. The fourth-order valence-corrected chi connectivity index (χ4v) is 2.36. The SMILES string of the molecule is CCN(CC(=O)O)C(=O)[C@H]1C[C@@H]1c1ccc(F)cc1F. The van der Waals surface area contributed by atoms with E-state index < -0.39 is 23.5 Å². The number of carbonyl (C=O) groups excluding carboxylic acids is 1. The van der Waals surface area contributed by atoms with E-state index in [2.05, 4.69) is 0 Å². The predicted octanol–water partition coefficient (Wildman–Crippen LogP) is 2.00. The minimum atomic E-state index is -1.08. The topological polar surface area (TPSA) is 57.6 Å². The molecule has 2 atom stereocenters.